The van der Waals surface area contributed by atoms with Crippen molar-refractivity contribution in [3.63, 3.8) is 0 Å². The van der Waals surface area contributed by atoms with E-state index in [0.717, 1.165) is 33.2 Å². The Morgan fingerprint density at radius 3 is 2.14 bits per heavy atom. The first kappa shape index (κ1) is 23.8. The molecule has 3 aromatic carbocycles. The molecule has 0 radical (unpaired) electrons. The highest BCUT2D eigenvalue weighted by Gasteiger charge is 2.19. The van der Waals surface area contributed by atoms with Crippen LogP contribution in [0.5, 0.6) is 0 Å². The molecule has 4 aromatic rings. The number of urea groups is 1. The standard InChI is InChI=1S/C28H27N3O4/c1-18-14-22-23(15-19(18)2)27(33)31(3)26(25(22)21-12-8-5-9-13-21)30-28(34)29-16-24(32)35-17-20-10-6-4-7-11-20/h4-15H,16-17H2,1-3H3,(H2,29,30,34). The van der Waals surface area contributed by atoms with E-state index in [1.54, 1.807) is 7.05 Å². The van der Waals surface area contributed by atoms with Gasteiger partial charge in [0.25, 0.3) is 5.56 Å². The van der Waals surface area contributed by atoms with E-state index in [1.807, 2.05) is 86.6 Å². The summed E-state index contributed by atoms with van der Waals surface area (Å²) in [5.41, 5.74) is 4.27. The van der Waals surface area contributed by atoms with Crippen molar-refractivity contribution in [2.24, 2.45) is 7.05 Å². The third kappa shape index (κ3) is 5.24. The summed E-state index contributed by atoms with van der Waals surface area (Å²) in [5, 5.41) is 6.62. The molecule has 0 saturated heterocycles. The topological polar surface area (TPSA) is 89.4 Å². The van der Waals surface area contributed by atoms with Gasteiger partial charge in [-0.2, -0.15) is 0 Å². The summed E-state index contributed by atoms with van der Waals surface area (Å²) in [7, 11) is 1.62. The smallest absolute Gasteiger partial charge is 0.325 e. The van der Waals surface area contributed by atoms with Crippen LogP contribution in [0.1, 0.15) is 16.7 Å². The molecule has 0 bridgehead atoms. The van der Waals surface area contributed by atoms with Crippen LogP contribution in [-0.4, -0.2) is 23.1 Å². The van der Waals surface area contributed by atoms with E-state index in [-0.39, 0.29) is 18.7 Å². The predicted octanol–water partition coefficient (Wildman–Crippen LogP) is 4.69. The lowest BCUT2D eigenvalue weighted by atomic mass is 9.96. The molecule has 0 aliphatic heterocycles. The van der Waals surface area contributed by atoms with Gasteiger partial charge in [-0.25, -0.2) is 4.79 Å². The van der Waals surface area contributed by atoms with E-state index < -0.39 is 12.0 Å². The van der Waals surface area contributed by atoms with Crippen LogP contribution in [0.15, 0.2) is 77.6 Å². The molecule has 4 rings (SSSR count). The summed E-state index contributed by atoms with van der Waals surface area (Å²) in [4.78, 5) is 38.0. The predicted molar refractivity (Wildman–Crippen MR) is 137 cm³/mol. The highest BCUT2D eigenvalue weighted by molar-refractivity contribution is 6.05. The largest absolute Gasteiger partial charge is 0.460 e. The number of rotatable bonds is 6. The van der Waals surface area contributed by atoms with Gasteiger partial charge in [-0.15, -0.1) is 0 Å². The minimum Gasteiger partial charge on any atom is -0.460 e. The third-order valence-corrected chi connectivity index (χ3v) is 5.94. The molecule has 2 amide bonds. The Morgan fingerprint density at radius 2 is 1.49 bits per heavy atom. The van der Waals surface area contributed by atoms with Crippen LogP contribution in [0.25, 0.3) is 21.9 Å². The summed E-state index contributed by atoms with van der Waals surface area (Å²) < 4.78 is 6.63. The molecule has 35 heavy (non-hydrogen) atoms. The van der Waals surface area contributed by atoms with E-state index in [9.17, 15) is 14.4 Å². The number of carbonyl (C=O) groups is 2. The number of amides is 2. The van der Waals surface area contributed by atoms with Crippen molar-refractivity contribution in [1.29, 1.82) is 0 Å². The van der Waals surface area contributed by atoms with Crippen molar-refractivity contribution >= 4 is 28.6 Å². The lowest BCUT2D eigenvalue weighted by Gasteiger charge is -2.19. The van der Waals surface area contributed by atoms with E-state index in [0.29, 0.717) is 11.2 Å². The van der Waals surface area contributed by atoms with Crippen molar-refractivity contribution in [2.75, 3.05) is 11.9 Å². The fourth-order valence-corrected chi connectivity index (χ4v) is 3.91. The third-order valence-electron chi connectivity index (χ3n) is 5.94. The van der Waals surface area contributed by atoms with Gasteiger partial charge < -0.3 is 10.1 Å². The monoisotopic (exact) mass is 469 g/mol. The number of nitrogens with zero attached hydrogens (tertiary/aromatic N) is 1. The maximum atomic E-state index is 13.2. The van der Waals surface area contributed by atoms with Gasteiger partial charge in [-0.3, -0.25) is 19.5 Å². The molecule has 1 heterocycles. The van der Waals surface area contributed by atoms with Crippen LogP contribution in [0.3, 0.4) is 0 Å². The number of ether oxygens (including phenoxy) is 1. The Kier molecular flexibility index (Phi) is 6.96. The number of hydrogen-bond donors (Lipinski definition) is 2. The van der Waals surface area contributed by atoms with E-state index in [4.69, 9.17) is 4.74 Å². The Hall–Kier alpha value is -4.39. The minimum absolute atomic E-state index is 0.124. The lowest BCUT2D eigenvalue weighted by molar-refractivity contribution is -0.143. The second kappa shape index (κ2) is 10.3. The van der Waals surface area contributed by atoms with Crippen molar-refractivity contribution in [2.45, 2.75) is 20.5 Å². The number of nitrogens with one attached hydrogen (secondary N) is 2. The molecule has 178 valence electrons. The number of pyridine rings is 1. The second-order valence-corrected chi connectivity index (χ2v) is 8.39. The molecule has 0 spiro atoms. The molecule has 0 aliphatic carbocycles. The molecule has 0 fully saturated rings. The normalized spacial score (nSPS) is 10.7. The van der Waals surface area contributed by atoms with E-state index in [1.165, 1.54) is 4.57 Å². The molecule has 7 heteroatoms. The molecule has 0 aliphatic rings. The number of hydrogen-bond acceptors (Lipinski definition) is 4. The minimum atomic E-state index is -0.614. The van der Waals surface area contributed by atoms with Crippen LogP contribution < -0.4 is 16.2 Å². The zero-order chi connectivity index (χ0) is 24.9. The fourth-order valence-electron chi connectivity index (χ4n) is 3.91. The van der Waals surface area contributed by atoms with E-state index in [2.05, 4.69) is 10.6 Å². The molecule has 7 nitrogen and oxygen atoms in total. The van der Waals surface area contributed by atoms with Crippen LogP contribution in [0, 0.1) is 13.8 Å². The second-order valence-electron chi connectivity index (χ2n) is 8.39. The number of fused-ring (bicyclic) bond motifs is 1. The first-order chi connectivity index (χ1) is 16.8. The zero-order valence-electron chi connectivity index (χ0n) is 19.9. The van der Waals surface area contributed by atoms with Gasteiger partial charge in [-0.05, 0) is 47.6 Å². The Morgan fingerprint density at radius 1 is 0.886 bits per heavy atom. The van der Waals surface area contributed by atoms with Gasteiger partial charge in [0.15, 0.2) is 0 Å². The molecule has 0 atom stereocenters. The zero-order valence-corrected chi connectivity index (χ0v) is 19.9. The summed E-state index contributed by atoms with van der Waals surface area (Å²) in [5.74, 6) is -0.224. The fraction of sp³-hybridized carbons (Fsp3) is 0.179. The number of carbonyl (C=O) groups excluding carboxylic acids is 2. The van der Waals surface area contributed by atoms with Gasteiger partial charge in [0.2, 0.25) is 0 Å². The van der Waals surface area contributed by atoms with Gasteiger partial charge in [0.1, 0.15) is 19.0 Å². The average Bonchev–Trinajstić information content (AvgIpc) is 2.87. The number of esters is 1. The van der Waals surface area contributed by atoms with Gasteiger partial charge in [-0.1, -0.05) is 66.7 Å². The molecule has 1 aromatic heterocycles. The number of aromatic nitrogens is 1. The first-order valence-electron chi connectivity index (χ1n) is 11.3. The molecule has 0 saturated carbocycles. The van der Waals surface area contributed by atoms with Crippen molar-refractivity contribution in [1.82, 2.24) is 9.88 Å². The van der Waals surface area contributed by atoms with Crippen LogP contribution in [-0.2, 0) is 23.2 Å². The number of anilines is 1. The average molecular weight is 470 g/mol. The van der Waals surface area contributed by atoms with Crippen molar-refractivity contribution in [3.8, 4) is 11.1 Å². The Balaban J connectivity index is 1.60. The molecule has 0 unspecified atom stereocenters. The Labute approximate surface area is 203 Å². The maximum absolute atomic E-state index is 13.2. The molecule has 2 N–H and O–H groups in total. The van der Waals surface area contributed by atoms with E-state index >= 15 is 0 Å². The Bertz CT molecular complexity index is 1440. The first-order valence-corrected chi connectivity index (χ1v) is 11.3. The van der Waals surface area contributed by atoms with Gasteiger partial charge in [0, 0.05) is 18.0 Å². The number of aryl methyl sites for hydroxylation is 2. The summed E-state index contributed by atoms with van der Waals surface area (Å²) >= 11 is 0. The van der Waals surface area contributed by atoms with Crippen LogP contribution >= 0.6 is 0 Å². The maximum Gasteiger partial charge on any atom is 0.325 e. The lowest BCUT2D eigenvalue weighted by Crippen LogP contribution is -2.36. The summed E-state index contributed by atoms with van der Waals surface area (Å²) in [6.07, 6.45) is 0. The van der Waals surface area contributed by atoms with Crippen LogP contribution in [0.2, 0.25) is 0 Å². The molecular formula is C28H27N3O4. The van der Waals surface area contributed by atoms with Crippen molar-refractivity contribution in [3.05, 3.63) is 99.8 Å². The SMILES string of the molecule is Cc1cc2c(-c3ccccc3)c(NC(=O)NCC(=O)OCc3ccccc3)n(C)c(=O)c2cc1C. The summed E-state index contributed by atoms with van der Waals surface area (Å²) in [6.45, 7) is 3.77. The quantitative estimate of drug-likeness (QED) is 0.401. The van der Waals surface area contributed by atoms with Crippen LogP contribution in [0.4, 0.5) is 10.6 Å². The summed E-state index contributed by atoms with van der Waals surface area (Å²) in [6, 6.07) is 22.1. The highest BCUT2D eigenvalue weighted by Crippen LogP contribution is 2.34. The number of benzene rings is 3. The van der Waals surface area contributed by atoms with Gasteiger partial charge >= 0.3 is 12.0 Å². The van der Waals surface area contributed by atoms with Gasteiger partial charge in [0.05, 0.1) is 0 Å². The molecular weight excluding hydrogens is 442 g/mol. The van der Waals surface area contributed by atoms with Crippen molar-refractivity contribution < 1.29 is 14.3 Å². The highest BCUT2D eigenvalue weighted by atomic mass is 16.5.